The number of aromatic nitrogens is 4. The third-order valence-electron chi connectivity index (χ3n) is 5.44. The predicted molar refractivity (Wildman–Crippen MR) is 107 cm³/mol. The van der Waals surface area contributed by atoms with Crippen molar-refractivity contribution in [2.24, 2.45) is 0 Å². The second-order valence-electron chi connectivity index (χ2n) is 7.72. The molecule has 0 atom stereocenters. The Bertz CT molecular complexity index is 953. The van der Waals surface area contributed by atoms with Gasteiger partial charge in [-0.05, 0) is 72.5 Å². The molecule has 6 nitrogen and oxygen atoms in total. The van der Waals surface area contributed by atoms with E-state index in [0.29, 0.717) is 11.4 Å². The van der Waals surface area contributed by atoms with E-state index in [4.69, 9.17) is 0 Å². The Morgan fingerprint density at radius 3 is 2.36 bits per heavy atom. The Morgan fingerprint density at radius 1 is 1.00 bits per heavy atom. The summed E-state index contributed by atoms with van der Waals surface area (Å²) < 4.78 is 1.79. The number of benzene rings is 2. The molecule has 1 heterocycles. The molecule has 3 aromatic rings. The zero-order chi connectivity index (χ0) is 19.6. The van der Waals surface area contributed by atoms with Crippen LogP contribution in [0, 0.1) is 13.8 Å². The van der Waals surface area contributed by atoms with Crippen LogP contribution < -0.4 is 5.32 Å². The van der Waals surface area contributed by atoms with Crippen molar-refractivity contribution >= 4 is 5.91 Å². The molecule has 1 aromatic heterocycles. The predicted octanol–water partition coefficient (Wildman–Crippen LogP) is 3.87. The van der Waals surface area contributed by atoms with Crippen LogP contribution in [0.2, 0.25) is 0 Å². The molecule has 1 aliphatic carbocycles. The molecule has 0 spiro atoms. The lowest BCUT2D eigenvalue weighted by Gasteiger charge is -2.36. The number of nitrogens with zero attached hydrogens (tertiary/aromatic N) is 4. The quantitative estimate of drug-likeness (QED) is 0.751. The molecule has 0 aliphatic heterocycles. The first-order chi connectivity index (χ1) is 13.6. The van der Waals surface area contributed by atoms with Gasteiger partial charge in [0.15, 0.2) is 5.82 Å². The Balaban J connectivity index is 1.75. The zero-order valence-electron chi connectivity index (χ0n) is 16.4. The van der Waals surface area contributed by atoms with Gasteiger partial charge < -0.3 is 5.32 Å². The second-order valence-corrected chi connectivity index (χ2v) is 7.72. The van der Waals surface area contributed by atoms with E-state index in [0.717, 1.165) is 48.9 Å². The Morgan fingerprint density at radius 2 is 1.68 bits per heavy atom. The van der Waals surface area contributed by atoms with Gasteiger partial charge in [0.2, 0.25) is 0 Å². The zero-order valence-corrected chi connectivity index (χ0v) is 16.4. The molecular formula is C22H25N5O. The summed E-state index contributed by atoms with van der Waals surface area (Å²) in [6, 6.07) is 15.6. The summed E-state index contributed by atoms with van der Waals surface area (Å²) in [5.74, 6) is 0.624. The molecular weight excluding hydrogens is 350 g/mol. The van der Waals surface area contributed by atoms with Crippen LogP contribution in [-0.2, 0) is 5.54 Å². The number of hydrogen-bond donors (Lipinski definition) is 1. The number of amides is 1. The number of nitrogens with one attached hydrogen (secondary N) is 1. The van der Waals surface area contributed by atoms with Gasteiger partial charge in [-0.3, -0.25) is 4.79 Å². The molecule has 1 aliphatic rings. The molecule has 0 unspecified atom stereocenters. The van der Waals surface area contributed by atoms with E-state index in [1.165, 1.54) is 0 Å². The molecule has 144 valence electrons. The molecule has 0 saturated heterocycles. The highest BCUT2D eigenvalue weighted by Crippen LogP contribution is 2.37. The molecule has 28 heavy (non-hydrogen) atoms. The maximum Gasteiger partial charge on any atom is 0.252 e. The third-order valence-corrected chi connectivity index (χ3v) is 5.44. The van der Waals surface area contributed by atoms with E-state index in [2.05, 4.69) is 52.9 Å². The average Bonchev–Trinajstić information content (AvgIpc) is 3.19. The van der Waals surface area contributed by atoms with Gasteiger partial charge in [-0.25, -0.2) is 0 Å². The lowest BCUT2D eigenvalue weighted by molar-refractivity contribution is 0.0855. The van der Waals surface area contributed by atoms with Gasteiger partial charge >= 0.3 is 0 Å². The fourth-order valence-electron chi connectivity index (χ4n) is 4.17. The standard InChI is InChI=1S/C22H25N5O/c1-16-13-17(2)15-19(14-16)27-21(24-25-26-27)22(11-7-4-8-12-22)23-20(28)18-9-5-3-6-10-18/h3,5-6,9-10,13-15H,4,7-8,11-12H2,1-2H3,(H,23,28). The van der Waals surface area contributed by atoms with Crippen molar-refractivity contribution in [1.82, 2.24) is 25.5 Å². The largest absolute Gasteiger partial charge is 0.339 e. The molecule has 1 saturated carbocycles. The average molecular weight is 375 g/mol. The Hall–Kier alpha value is -3.02. The smallest absolute Gasteiger partial charge is 0.252 e. The van der Waals surface area contributed by atoms with Gasteiger partial charge in [0.05, 0.1) is 5.69 Å². The van der Waals surface area contributed by atoms with Crippen LogP contribution in [0.15, 0.2) is 48.5 Å². The van der Waals surface area contributed by atoms with Gasteiger partial charge in [0.1, 0.15) is 5.54 Å². The van der Waals surface area contributed by atoms with Crippen molar-refractivity contribution < 1.29 is 4.79 Å². The van der Waals surface area contributed by atoms with Gasteiger partial charge in [0, 0.05) is 5.56 Å². The normalized spacial score (nSPS) is 15.9. The Kier molecular flexibility index (Phi) is 4.94. The third kappa shape index (κ3) is 3.54. The minimum atomic E-state index is -0.563. The molecule has 0 radical (unpaired) electrons. The van der Waals surface area contributed by atoms with E-state index < -0.39 is 5.54 Å². The fourth-order valence-corrected chi connectivity index (χ4v) is 4.17. The number of carbonyl (C=O) groups excluding carboxylic acids is 1. The van der Waals surface area contributed by atoms with Crippen LogP contribution >= 0.6 is 0 Å². The van der Waals surface area contributed by atoms with Crippen molar-refractivity contribution in [2.45, 2.75) is 51.5 Å². The van der Waals surface area contributed by atoms with Crippen LogP contribution in [0.4, 0.5) is 0 Å². The van der Waals surface area contributed by atoms with E-state index in [1.54, 1.807) is 4.68 Å². The lowest BCUT2D eigenvalue weighted by Crippen LogP contribution is -2.49. The van der Waals surface area contributed by atoms with Crippen LogP contribution in [-0.4, -0.2) is 26.1 Å². The van der Waals surface area contributed by atoms with Gasteiger partial charge in [-0.15, -0.1) is 5.10 Å². The molecule has 1 fully saturated rings. The first-order valence-electron chi connectivity index (χ1n) is 9.82. The highest BCUT2D eigenvalue weighted by Gasteiger charge is 2.40. The minimum Gasteiger partial charge on any atom is -0.339 e. The summed E-state index contributed by atoms with van der Waals surface area (Å²) in [4.78, 5) is 13.0. The summed E-state index contributed by atoms with van der Waals surface area (Å²) in [6.07, 6.45) is 4.89. The highest BCUT2D eigenvalue weighted by atomic mass is 16.1. The maximum atomic E-state index is 13.0. The maximum absolute atomic E-state index is 13.0. The van der Waals surface area contributed by atoms with Crippen LogP contribution in [0.3, 0.4) is 0 Å². The lowest BCUT2D eigenvalue weighted by atomic mass is 9.80. The number of aryl methyl sites for hydroxylation is 2. The number of rotatable bonds is 4. The molecule has 1 amide bonds. The summed E-state index contributed by atoms with van der Waals surface area (Å²) in [7, 11) is 0. The van der Waals surface area contributed by atoms with Crippen molar-refractivity contribution in [2.75, 3.05) is 0 Å². The molecule has 6 heteroatoms. The monoisotopic (exact) mass is 375 g/mol. The van der Waals surface area contributed by atoms with Gasteiger partial charge in [-0.1, -0.05) is 43.5 Å². The van der Waals surface area contributed by atoms with E-state index >= 15 is 0 Å². The number of carbonyl (C=O) groups is 1. The number of tetrazole rings is 1. The minimum absolute atomic E-state index is 0.0857. The summed E-state index contributed by atoms with van der Waals surface area (Å²) >= 11 is 0. The Labute approximate surface area is 165 Å². The molecule has 1 N–H and O–H groups in total. The topological polar surface area (TPSA) is 72.7 Å². The summed E-state index contributed by atoms with van der Waals surface area (Å²) in [5.41, 5.74) is 3.32. The number of hydrogen-bond acceptors (Lipinski definition) is 4. The summed E-state index contributed by atoms with van der Waals surface area (Å²) in [6.45, 7) is 4.13. The van der Waals surface area contributed by atoms with Crippen molar-refractivity contribution in [3.05, 3.63) is 71.0 Å². The SMILES string of the molecule is Cc1cc(C)cc(-n2nnnc2C2(NC(=O)c3ccccc3)CCCCC2)c1. The highest BCUT2D eigenvalue weighted by molar-refractivity contribution is 5.94. The summed E-state index contributed by atoms with van der Waals surface area (Å²) in [5, 5.41) is 15.9. The molecule has 0 bridgehead atoms. The fraction of sp³-hybridized carbons (Fsp3) is 0.364. The first-order valence-corrected chi connectivity index (χ1v) is 9.82. The van der Waals surface area contributed by atoms with E-state index in [-0.39, 0.29) is 5.91 Å². The molecule has 4 rings (SSSR count). The van der Waals surface area contributed by atoms with Gasteiger partial charge in [-0.2, -0.15) is 4.68 Å². The van der Waals surface area contributed by atoms with Crippen molar-refractivity contribution in [3.63, 3.8) is 0 Å². The second kappa shape index (κ2) is 7.54. The van der Waals surface area contributed by atoms with Crippen molar-refractivity contribution in [1.29, 1.82) is 0 Å². The molecule has 2 aromatic carbocycles. The van der Waals surface area contributed by atoms with E-state index in [9.17, 15) is 4.79 Å². The van der Waals surface area contributed by atoms with Gasteiger partial charge in [0.25, 0.3) is 5.91 Å². The van der Waals surface area contributed by atoms with Crippen molar-refractivity contribution in [3.8, 4) is 5.69 Å². The van der Waals surface area contributed by atoms with E-state index in [1.807, 2.05) is 30.3 Å². The van der Waals surface area contributed by atoms with Crippen LogP contribution in [0.1, 0.15) is 59.4 Å². The van der Waals surface area contributed by atoms with Crippen LogP contribution in [0.5, 0.6) is 0 Å². The first kappa shape index (κ1) is 18.3. The van der Waals surface area contributed by atoms with Crippen LogP contribution in [0.25, 0.3) is 5.69 Å².